The summed E-state index contributed by atoms with van der Waals surface area (Å²) in [6.45, 7) is 4.51. The highest BCUT2D eigenvalue weighted by atomic mass is 16.7. The number of aliphatic carboxylic acids is 1. The fourth-order valence-corrected chi connectivity index (χ4v) is 11.2. The maximum atomic E-state index is 13.0. The summed E-state index contributed by atoms with van der Waals surface area (Å²) in [5.74, 6) is -2.31. The molecule has 0 N–H and O–H groups in total. The minimum absolute atomic E-state index is 0.138. The number of quaternary nitrogens is 1. The minimum Gasteiger partial charge on any atom is -0.545 e. The van der Waals surface area contributed by atoms with Crippen LogP contribution in [-0.4, -0.2) is 82.3 Å². The molecule has 2 atom stereocenters. The Morgan fingerprint density at radius 3 is 0.808 bits per heavy atom. The highest BCUT2D eigenvalue weighted by Crippen LogP contribution is 2.18. The van der Waals surface area contributed by atoms with Crippen molar-refractivity contribution in [3.8, 4) is 0 Å². The van der Waals surface area contributed by atoms with Crippen LogP contribution in [0.5, 0.6) is 0 Å². The molecule has 0 aromatic rings. The lowest BCUT2D eigenvalue weighted by molar-refractivity contribution is -0.870. The summed E-state index contributed by atoms with van der Waals surface area (Å²) in [5, 5.41) is 11.9. The molecule has 99 heavy (non-hydrogen) atoms. The van der Waals surface area contributed by atoms with Crippen LogP contribution in [0, 0.1) is 0 Å². The van der Waals surface area contributed by atoms with E-state index < -0.39 is 24.3 Å². The number of ether oxygens (including phenoxy) is 4. The number of carboxylic acid groups (broad SMARTS) is 1. The van der Waals surface area contributed by atoms with E-state index in [1.807, 2.05) is 21.1 Å². The third-order valence-corrected chi connectivity index (χ3v) is 17.3. The van der Waals surface area contributed by atoms with Crippen LogP contribution in [0.15, 0.2) is 158 Å². The second-order valence-electron chi connectivity index (χ2n) is 27.9. The van der Waals surface area contributed by atoms with Crippen molar-refractivity contribution < 1.29 is 42.9 Å². The summed E-state index contributed by atoms with van der Waals surface area (Å²) in [6, 6.07) is 0. The molecule has 0 saturated heterocycles. The standard InChI is InChI=1S/C90H151NO8/c1-6-8-10-12-14-16-18-20-22-24-26-28-30-32-34-36-38-40-41-42-43-44-45-46-47-49-50-52-54-56-58-60-62-64-66-68-70-72-74-76-78-80-87(92)97-84-86(85-98-90(89(94)95)96-83-82-91(3,4)5)99-88(93)81-79-77-75-73-71-69-67-65-63-61-59-57-55-53-51-48-39-37-35-33-31-29-27-25-23-21-19-17-15-13-11-9-7-2/h8-11,14-17,20-23,26-29,33,35,39,48,53,55,59,61,65,67,86,90H,6-7,12-13,18-19,24-25,30-32,34,36-38,40-47,49-52,54,56-58,60,62-64,66,68-85H2,1-5H3/b10-8-,11-9-,16-14-,17-15-,22-20-,23-21-,28-26-,29-27-,35-33-,48-39-,55-53-,61-59-,67-65-. The topological polar surface area (TPSA) is 111 Å². The van der Waals surface area contributed by atoms with Gasteiger partial charge in [0.1, 0.15) is 13.2 Å². The summed E-state index contributed by atoms with van der Waals surface area (Å²) in [5.41, 5.74) is 0. The Hall–Kier alpha value is -5.09. The van der Waals surface area contributed by atoms with Gasteiger partial charge in [0.2, 0.25) is 0 Å². The van der Waals surface area contributed by atoms with Crippen molar-refractivity contribution in [1.29, 1.82) is 0 Å². The number of carbonyl (C=O) groups excluding carboxylic acids is 3. The smallest absolute Gasteiger partial charge is 0.306 e. The van der Waals surface area contributed by atoms with E-state index >= 15 is 0 Å². The lowest BCUT2D eigenvalue weighted by atomic mass is 10.0. The Bertz CT molecular complexity index is 2200. The molecule has 0 aliphatic carbocycles. The Labute approximate surface area is 610 Å². The number of nitrogens with zero attached hydrogens (tertiary/aromatic N) is 1. The molecule has 0 amide bonds. The molecule has 0 aromatic carbocycles. The minimum atomic E-state index is -1.64. The number of unbranched alkanes of at least 4 members (excludes halogenated alkanes) is 33. The molecular formula is C90H151NO8. The van der Waals surface area contributed by atoms with Crippen LogP contribution in [0.4, 0.5) is 0 Å². The first kappa shape index (κ1) is 93.9. The van der Waals surface area contributed by atoms with E-state index in [0.29, 0.717) is 17.4 Å². The first-order valence-electron chi connectivity index (χ1n) is 40.6. The quantitative estimate of drug-likeness (QED) is 0.0195. The van der Waals surface area contributed by atoms with Crippen molar-refractivity contribution in [1.82, 2.24) is 0 Å². The van der Waals surface area contributed by atoms with E-state index in [4.69, 9.17) is 18.9 Å². The van der Waals surface area contributed by atoms with Crippen molar-refractivity contribution in [3.63, 3.8) is 0 Å². The van der Waals surface area contributed by atoms with Crippen molar-refractivity contribution in [3.05, 3.63) is 158 Å². The molecule has 0 fully saturated rings. The van der Waals surface area contributed by atoms with Crippen LogP contribution in [0.2, 0.25) is 0 Å². The molecule has 0 aliphatic rings. The third kappa shape index (κ3) is 80.1. The van der Waals surface area contributed by atoms with Crippen LogP contribution in [0.1, 0.15) is 335 Å². The summed E-state index contributed by atoms with van der Waals surface area (Å²) >= 11 is 0. The van der Waals surface area contributed by atoms with Gasteiger partial charge in [0.15, 0.2) is 12.4 Å². The van der Waals surface area contributed by atoms with Gasteiger partial charge in [-0.15, -0.1) is 0 Å². The highest BCUT2D eigenvalue weighted by Gasteiger charge is 2.22. The van der Waals surface area contributed by atoms with Crippen LogP contribution in [0.3, 0.4) is 0 Å². The summed E-state index contributed by atoms with van der Waals surface area (Å²) < 4.78 is 22.8. The molecule has 0 aliphatic heterocycles. The number of carbonyl (C=O) groups is 3. The Balaban J connectivity index is 4.05. The van der Waals surface area contributed by atoms with Crippen molar-refractivity contribution in [2.45, 2.75) is 347 Å². The van der Waals surface area contributed by atoms with Gasteiger partial charge in [0, 0.05) is 12.8 Å². The molecule has 9 nitrogen and oxygen atoms in total. The second kappa shape index (κ2) is 78.6. The largest absolute Gasteiger partial charge is 0.545 e. The zero-order valence-electron chi connectivity index (χ0n) is 64.6. The van der Waals surface area contributed by atoms with E-state index in [-0.39, 0.29) is 38.6 Å². The van der Waals surface area contributed by atoms with Gasteiger partial charge in [0.25, 0.3) is 0 Å². The SMILES string of the molecule is CC/C=C\C/C=C\C/C=C\C/C=C\C/C=C\C/C=C\C/C=C\C/C=C\C/C=C\CCCCCCCC(=O)OC(COC(=O)CCCCCCCCCCCCCCCCCCCCCCCCCCCCCC/C=C\C/C=C\C/C=C\C/C=C\CC)COC(OCC[N+](C)(C)C)C(=O)[O-]. The Morgan fingerprint density at radius 1 is 0.303 bits per heavy atom. The predicted molar refractivity (Wildman–Crippen MR) is 425 cm³/mol. The van der Waals surface area contributed by atoms with E-state index in [1.54, 1.807) is 0 Å². The second-order valence-corrected chi connectivity index (χ2v) is 27.9. The summed E-state index contributed by atoms with van der Waals surface area (Å²) in [7, 11) is 5.93. The average Bonchev–Trinajstić information content (AvgIpc) is 1.57. The van der Waals surface area contributed by atoms with Gasteiger partial charge in [-0.05, 0) is 122 Å². The molecule has 9 heteroatoms. The van der Waals surface area contributed by atoms with E-state index in [9.17, 15) is 19.5 Å². The molecule has 0 rings (SSSR count). The number of esters is 2. The maximum absolute atomic E-state index is 13.0. The fourth-order valence-electron chi connectivity index (χ4n) is 11.2. The average molecular weight is 1380 g/mol. The van der Waals surface area contributed by atoms with E-state index in [0.717, 1.165) is 135 Å². The van der Waals surface area contributed by atoms with Crippen LogP contribution < -0.4 is 5.11 Å². The molecule has 0 bridgehead atoms. The zero-order valence-corrected chi connectivity index (χ0v) is 64.6. The Kier molecular flexibility index (Phi) is 74.6. The van der Waals surface area contributed by atoms with Crippen molar-refractivity contribution >= 4 is 17.9 Å². The van der Waals surface area contributed by atoms with E-state index in [2.05, 4.69) is 172 Å². The lowest BCUT2D eigenvalue weighted by Crippen LogP contribution is -2.44. The van der Waals surface area contributed by atoms with Gasteiger partial charge in [-0.1, -0.05) is 358 Å². The number of allylic oxidation sites excluding steroid dienone is 26. The normalized spacial score (nSPS) is 13.5. The van der Waals surface area contributed by atoms with Crippen molar-refractivity contribution in [2.75, 3.05) is 47.5 Å². The number of hydrogen-bond donors (Lipinski definition) is 0. The number of hydrogen-bond acceptors (Lipinski definition) is 8. The fraction of sp³-hybridized carbons (Fsp3) is 0.678. The Morgan fingerprint density at radius 2 is 0.545 bits per heavy atom. The van der Waals surface area contributed by atoms with Crippen LogP contribution in [-0.2, 0) is 33.3 Å². The number of carboxylic acids is 1. The molecule has 0 heterocycles. The molecular weight excluding hydrogens is 1220 g/mol. The first-order valence-corrected chi connectivity index (χ1v) is 40.6. The number of rotatable bonds is 74. The third-order valence-electron chi connectivity index (χ3n) is 17.3. The van der Waals surface area contributed by atoms with E-state index in [1.165, 1.54) is 167 Å². The van der Waals surface area contributed by atoms with Gasteiger partial charge in [0.05, 0.1) is 40.3 Å². The zero-order chi connectivity index (χ0) is 71.8. The van der Waals surface area contributed by atoms with Crippen molar-refractivity contribution in [2.24, 2.45) is 0 Å². The van der Waals surface area contributed by atoms with Gasteiger partial charge in [-0.2, -0.15) is 0 Å². The summed E-state index contributed by atoms with van der Waals surface area (Å²) in [4.78, 5) is 37.6. The molecule has 0 aromatic heterocycles. The molecule has 564 valence electrons. The molecule has 0 spiro atoms. The van der Waals surface area contributed by atoms with Gasteiger partial charge in [-0.25, -0.2) is 0 Å². The maximum Gasteiger partial charge on any atom is 0.306 e. The van der Waals surface area contributed by atoms with Gasteiger partial charge in [-0.3, -0.25) is 9.59 Å². The lowest BCUT2D eigenvalue weighted by Gasteiger charge is -2.26. The summed E-state index contributed by atoms with van der Waals surface area (Å²) in [6.07, 6.45) is 114. The van der Waals surface area contributed by atoms with Crippen LogP contribution >= 0.6 is 0 Å². The molecule has 0 radical (unpaired) electrons. The predicted octanol–water partition coefficient (Wildman–Crippen LogP) is 25.0. The first-order chi connectivity index (χ1) is 48.6. The highest BCUT2D eigenvalue weighted by molar-refractivity contribution is 5.70. The van der Waals surface area contributed by atoms with Gasteiger partial charge < -0.3 is 33.3 Å². The van der Waals surface area contributed by atoms with Gasteiger partial charge >= 0.3 is 11.9 Å². The monoisotopic (exact) mass is 1370 g/mol. The van der Waals surface area contributed by atoms with Crippen LogP contribution in [0.25, 0.3) is 0 Å². The molecule has 0 saturated carbocycles. The molecule has 2 unspecified atom stereocenters. The number of likely N-dealkylation sites (N-methyl/N-ethyl adjacent to an activating group) is 1.